The van der Waals surface area contributed by atoms with Crippen molar-refractivity contribution in [2.75, 3.05) is 13.2 Å². The van der Waals surface area contributed by atoms with Crippen LogP contribution >= 0.6 is 11.6 Å². The molecule has 0 saturated heterocycles. The molecule has 0 bridgehead atoms. The maximum atomic E-state index is 12.2. The van der Waals surface area contributed by atoms with E-state index in [0.29, 0.717) is 29.5 Å². The molecule has 0 radical (unpaired) electrons. The van der Waals surface area contributed by atoms with Gasteiger partial charge in [-0.3, -0.25) is 20.4 Å². The number of amides is 2. The highest BCUT2D eigenvalue weighted by molar-refractivity contribution is 6.33. The van der Waals surface area contributed by atoms with Crippen LogP contribution < -0.4 is 20.3 Å². The molecule has 29 heavy (non-hydrogen) atoms. The molecule has 0 heterocycles. The molecule has 3 rings (SSSR count). The minimum atomic E-state index is -0.498. The van der Waals surface area contributed by atoms with Gasteiger partial charge in [0.05, 0.1) is 10.6 Å². The van der Waals surface area contributed by atoms with Gasteiger partial charge in [-0.15, -0.1) is 0 Å². The number of nitrogens with one attached hydrogen (secondary N) is 2. The minimum absolute atomic E-state index is 0.274. The van der Waals surface area contributed by atoms with Crippen molar-refractivity contribution in [2.45, 2.75) is 0 Å². The van der Waals surface area contributed by atoms with Crippen LogP contribution in [0.25, 0.3) is 0 Å². The molecule has 0 saturated carbocycles. The number of hydrazine groups is 1. The number of carbonyl (C=O) groups is 2. The maximum absolute atomic E-state index is 12.2. The van der Waals surface area contributed by atoms with Crippen molar-refractivity contribution in [1.82, 2.24) is 10.9 Å². The second-order valence-electron chi connectivity index (χ2n) is 5.92. The van der Waals surface area contributed by atoms with Crippen LogP contribution in [-0.4, -0.2) is 25.0 Å². The smallest absolute Gasteiger partial charge is 0.271 e. The normalized spacial score (nSPS) is 10.1. The second-order valence-corrected chi connectivity index (χ2v) is 6.33. The van der Waals surface area contributed by atoms with Gasteiger partial charge in [0.15, 0.2) is 0 Å². The zero-order valence-corrected chi connectivity index (χ0v) is 16.2. The van der Waals surface area contributed by atoms with Crippen molar-refractivity contribution in [1.29, 1.82) is 0 Å². The van der Waals surface area contributed by atoms with Gasteiger partial charge in [0, 0.05) is 5.56 Å². The molecule has 6 nitrogen and oxygen atoms in total. The highest BCUT2D eigenvalue weighted by atomic mass is 35.5. The maximum Gasteiger partial charge on any atom is 0.271 e. The van der Waals surface area contributed by atoms with Gasteiger partial charge in [0.2, 0.25) is 0 Å². The van der Waals surface area contributed by atoms with Crippen LogP contribution in [0.4, 0.5) is 0 Å². The first-order valence-electron chi connectivity index (χ1n) is 8.89. The average molecular weight is 411 g/mol. The van der Waals surface area contributed by atoms with Gasteiger partial charge in [0.25, 0.3) is 11.8 Å². The number of hydrogen-bond donors (Lipinski definition) is 2. The summed E-state index contributed by atoms with van der Waals surface area (Å²) in [6, 6.07) is 22.6. The largest absolute Gasteiger partial charge is 0.490 e. The Morgan fingerprint density at radius 3 is 1.90 bits per heavy atom. The number of rotatable bonds is 7. The van der Waals surface area contributed by atoms with Gasteiger partial charge in [-0.1, -0.05) is 41.9 Å². The third-order valence-corrected chi connectivity index (χ3v) is 4.22. The van der Waals surface area contributed by atoms with Crippen molar-refractivity contribution < 1.29 is 19.1 Å². The van der Waals surface area contributed by atoms with Gasteiger partial charge in [-0.2, -0.15) is 0 Å². The molecule has 7 heteroatoms. The van der Waals surface area contributed by atoms with Crippen LogP contribution in [-0.2, 0) is 0 Å². The number of para-hydroxylation sites is 1. The van der Waals surface area contributed by atoms with E-state index in [4.69, 9.17) is 21.1 Å². The fraction of sp³-hybridized carbons (Fsp3) is 0.0909. The van der Waals surface area contributed by atoms with Crippen LogP contribution in [0.5, 0.6) is 11.5 Å². The number of halogens is 1. The standard InChI is InChI=1S/C22H19ClN2O4/c23-20-9-5-4-8-19(20)22(27)25-24-21(26)16-10-12-18(13-11-16)29-15-14-28-17-6-2-1-3-7-17/h1-13H,14-15H2,(H,24,26)(H,25,27). The van der Waals surface area contributed by atoms with Gasteiger partial charge in [-0.05, 0) is 48.5 Å². The molecule has 3 aromatic carbocycles. The van der Waals surface area contributed by atoms with Gasteiger partial charge >= 0.3 is 0 Å². The van der Waals surface area contributed by atoms with Crippen molar-refractivity contribution in [2.24, 2.45) is 0 Å². The van der Waals surface area contributed by atoms with Crippen molar-refractivity contribution in [3.05, 3.63) is 95.0 Å². The zero-order valence-electron chi connectivity index (χ0n) is 15.4. The van der Waals surface area contributed by atoms with Gasteiger partial charge < -0.3 is 9.47 Å². The molecule has 0 aliphatic heterocycles. The third-order valence-electron chi connectivity index (χ3n) is 3.89. The first kappa shape index (κ1) is 20.2. The summed E-state index contributed by atoms with van der Waals surface area (Å²) in [4.78, 5) is 24.2. The van der Waals surface area contributed by atoms with E-state index in [-0.39, 0.29) is 5.56 Å². The topological polar surface area (TPSA) is 76.7 Å². The zero-order chi connectivity index (χ0) is 20.5. The Morgan fingerprint density at radius 1 is 0.690 bits per heavy atom. The average Bonchev–Trinajstić information content (AvgIpc) is 2.76. The summed E-state index contributed by atoms with van der Waals surface area (Å²) >= 11 is 5.96. The molecule has 148 valence electrons. The lowest BCUT2D eigenvalue weighted by molar-refractivity contribution is 0.0846. The Kier molecular flexibility index (Phi) is 7.08. The van der Waals surface area contributed by atoms with Crippen LogP contribution in [0.15, 0.2) is 78.9 Å². The lowest BCUT2D eigenvalue weighted by Gasteiger charge is -2.10. The van der Waals surface area contributed by atoms with Crippen molar-refractivity contribution >= 4 is 23.4 Å². The molecular weight excluding hydrogens is 392 g/mol. The fourth-order valence-corrected chi connectivity index (χ4v) is 2.66. The molecule has 0 fully saturated rings. The van der Waals surface area contributed by atoms with E-state index in [1.165, 1.54) is 0 Å². The molecule has 3 aromatic rings. The Hall–Kier alpha value is -3.51. The molecule has 2 N–H and O–H groups in total. The van der Waals surface area contributed by atoms with E-state index in [9.17, 15) is 9.59 Å². The van der Waals surface area contributed by atoms with Crippen LogP contribution in [0.3, 0.4) is 0 Å². The van der Waals surface area contributed by atoms with Crippen LogP contribution in [0, 0.1) is 0 Å². The van der Waals surface area contributed by atoms with Crippen molar-refractivity contribution in [3.63, 3.8) is 0 Å². The quantitative estimate of drug-likeness (QED) is 0.458. The summed E-state index contributed by atoms with van der Waals surface area (Å²) in [5, 5.41) is 0.303. The predicted octanol–water partition coefficient (Wildman–Crippen LogP) is 3.87. The van der Waals surface area contributed by atoms with E-state index in [0.717, 1.165) is 5.75 Å². The summed E-state index contributed by atoms with van der Waals surface area (Å²) in [5.74, 6) is 0.437. The van der Waals surface area contributed by atoms with E-state index in [1.54, 1.807) is 48.5 Å². The summed E-state index contributed by atoms with van der Waals surface area (Å²) in [6.07, 6.45) is 0. The molecule has 0 unspecified atom stereocenters. The summed E-state index contributed by atoms with van der Waals surface area (Å²) < 4.78 is 11.1. The first-order valence-corrected chi connectivity index (χ1v) is 9.27. The lowest BCUT2D eigenvalue weighted by atomic mass is 10.2. The Balaban J connectivity index is 1.43. The first-order chi connectivity index (χ1) is 14.1. The highest BCUT2D eigenvalue weighted by Crippen LogP contribution is 2.15. The highest BCUT2D eigenvalue weighted by Gasteiger charge is 2.11. The molecule has 0 aliphatic carbocycles. The Labute approximate surface area is 173 Å². The van der Waals surface area contributed by atoms with Gasteiger partial charge in [-0.25, -0.2) is 0 Å². The molecule has 2 amide bonds. The Morgan fingerprint density at radius 2 is 1.24 bits per heavy atom. The number of benzene rings is 3. The molecule has 0 aliphatic rings. The molecule has 0 atom stereocenters. The third kappa shape index (κ3) is 5.99. The monoisotopic (exact) mass is 410 g/mol. The Bertz CT molecular complexity index is 962. The van der Waals surface area contributed by atoms with Crippen LogP contribution in [0.1, 0.15) is 20.7 Å². The SMILES string of the molecule is O=C(NNC(=O)c1ccccc1Cl)c1ccc(OCCOc2ccccc2)cc1. The number of hydrogen-bond acceptors (Lipinski definition) is 4. The number of carbonyl (C=O) groups excluding carboxylic acids is 2. The van der Waals surface area contributed by atoms with E-state index in [2.05, 4.69) is 10.9 Å². The fourth-order valence-electron chi connectivity index (χ4n) is 2.44. The van der Waals surface area contributed by atoms with Gasteiger partial charge in [0.1, 0.15) is 24.7 Å². The van der Waals surface area contributed by atoms with E-state index < -0.39 is 11.8 Å². The van der Waals surface area contributed by atoms with Crippen molar-refractivity contribution in [3.8, 4) is 11.5 Å². The second kappa shape index (κ2) is 10.1. The predicted molar refractivity (Wildman–Crippen MR) is 110 cm³/mol. The molecule has 0 spiro atoms. The molecular formula is C22H19ClN2O4. The van der Waals surface area contributed by atoms with Crippen LogP contribution in [0.2, 0.25) is 5.02 Å². The lowest BCUT2D eigenvalue weighted by Crippen LogP contribution is -2.41. The molecule has 0 aromatic heterocycles. The van der Waals surface area contributed by atoms with E-state index >= 15 is 0 Å². The van der Waals surface area contributed by atoms with E-state index in [1.807, 2.05) is 30.3 Å². The summed E-state index contributed by atoms with van der Waals surface area (Å²) in [7, 11) is 0. The summed E-state index contributed by atoms with van der Waals surface area (Å²) in [5.41, 5.74) is 5.34. The minimum Gasteiger partial charge on any atom is -0.490 e. The summed E-state index contributed by atoms with van der Waals surface area (Å²) in [6.45, 7) is 0.772. The number of ether oxygens (including phenoxy) is 2.